The van der Waals surface area contributed by atoms with E-state index in [4.69, 9.17) is 0 Å². The molecular formula is C16H19NO2. The van der Waals surface area contributed by atoms with Crippen LogP contribution in [-0.2, 0) is 11.2 Å². The molecule has 3 rings (SSSR count). The van der Waals surface area contributed by atoms with Gasteiger partial charge in [-0.25, -0.2) is 0 Å². The van der Waals surface area contributed by atoms with Crippen LogP contribution >= 0.6 is 0 Å². The number of rotatable bonds is 2. The van der Waals surface area contributed by atoms with Crippen molar-refractivity contribution in [2.24, 2.45) is 11.8 Å². The summed E-state index contributed by atoms with van der Waals surface area (Å²) in [5.41, 5.74) is 2.59. The van der Waals surface area contributed by atoms with Crippen molar-refractivity contribution in [3.63, 3.8) is 0 Å². The summed E-state index contributed by atoms with van der Waals surface area (Å²) in [4.78, 5) is 23.8. The fourth-order valence-corrected chi connectivity index (χ4v) is 3.14. The van der Waals surface area contributed by atoms with Crippen molar-refractivity contribution in [3.05, 3.63) is 29.3 Å². The average Bonchev–Trinajstić information content (AvgIpc) is 2.77. The number of fused-ring (bicyclic) bond motifs is 1. The molecular weight excluding hydrogens is 238 g/mol. The van der Waals surface area contributed by atoms with Gasteiger partial charge in [-0.3, -0.25) is 9.59 Å². The third-order valence-electron chi connectivity index (χ3n) is 4.40. The first-order chi connectivity index (χ1) is 9.13. The van der Waals surface area contributed by atoms with Gasteiger partial charge in [0.05, 0.1) is 6.42 Å². The Labute approximate surface area is 113 Å². The summed E-state index contributed by atoms with van der Waals surface area (Å²) in [6, 6.07) is 5.61. The van der Waals surface area contributed by atoms with Gasteiger partial charge in [0.2, 0.25) is 5.91 Å². The van der Waals surface area contributed by atoms with E-state index < -0.39 is 0 Å². The van der Waals surface area contributed by atoms with Crippen molar-refractivity contribution in [1.82, 2.24) is 0 Å². The van der Waals surface area contributed by atoms with Gasteiger partial charge in [-0.1, -0.05) is 19.8 Å². The summed E-state index contributed by atoms with van der Waals surface area (Å²) in [6.45, 7) is 2.26. The number of nitrogens with one attached hydrogen (secondary N) is 1. The van der Waals surface area contributed by atoms with Crippen molar-refractivity contribution in [2.45, 2.75) is 39.0 Å². The first-order valence-electron chi connectivity index (χ1n) is 7.10. The Bertz CT molecular complexity index is 528. The molecule has 1 aliphatic heterocycles. The maximum absolute atomic E-state index is 12.5. The average molecular weight is 257 g/mol. The van der Waals surface area contributed by atoms with Crippen LogP contribution in [0.5, 0.6) is 0 Å². The lowest BCUT2D eigenvalue weighted by Crippen LogP contribution is -2.21. The van der Waals surface area contributed by atoms with Gasteiger partial charge < -0.3 is 5.32 Å². The SMILES string of the molecule is CC1CCC(C(=O)c2ccc3c(c2)CC(=O)N3)CC1. The Morgan fingerprint density at radius 1 is 1.21 bits per heavy atom. The fraction of sp³-hybridized carbons (Fsp3) is 0.500. The van der Waals surface area contributed by atoms with Crippen molar-refractivity contribution >= 4 is 17.4 Å². The third-order valence-corrected chi connectivity index (χ3v) is 4.40. The van der Waals surface area contributed by atoms with E-state index in [1.165, 1.54) is 0 Å². The maximum Gasteiger partial charge on any atom is 0.228 e. The van der Waals surface area contributed by atoms with Crippen LogP contribution in [0.25, 0.3) is 0 Å². The molecule has 0 unspecified atom stereocenters. The van der Waals surface area contributed by atoms with Crippen molar-refractivity contribution in [3.8, 4) is 0 Å². The molecule has 0 saturated heterocycles. The van der Waals surface area contributed by atoms with Crippen LogP contribution < -0.4 is 5.32 Å². The molecule has 0 radical (unpaired) electrons. The molecule has 0 aromatic heterocycles. The summed E-state index contributed by atoms with van der Waals surface area (Å²) in [7, 11) is 0. The first-order valence-corrected chi connectivity index (χ1v) is 7.10. The molecule has 19 heavy (non-hydrogen) atoms. The Balaban J connectivity index is 1.77. The molecule has 1 aliphatic carbocycles. The van der Waals surface area contributed by atoms with E-state index in [2.05, 4.69) is 12.2 Å². The molecule has 1 fully saturated rings. The van der Waals surface area contributed by atoms with Crippen LogP contribution in [0.15, 0.2) is 18.2 Å². The standard InChI is InChI=1S/C16H19NO2/c1-10-2-4-11(5-3-10)16(19)12-6-7-14-13(8-12)9-15(18)17-14/h6-8,10-11H,2-5,9H2,1H3,(H,17,18). The van der Waals surface area contributed by atoms with Gasteiger partial charge >= 0.3 is 0 Å². The number of ketones is 1. The third kappa shape index (κ3) is 2.42. The van der Waals surface area contributed by atoms with Gasteiger partial charge in [0.1, 0.15) is 0 Å². The lowest BCUT2D eigenvalue weighted by Gasteiger charge is -2.25. The second kappa shape index (κ2) is 4.80. The Hall–Kier alpha value is -1.64. The van der Waals surface area contributed by atoms with Crippen LogP contribution in [0.2, 0.25) is 0 Å². The second-order valence-electron chi connectivity index (χ2n) is 5.92. The van der Waals surface area contributed by atoms with E-state index in [1.54, 1.807) is 0 Å². The van der Waals surface area contributed by atoms with Crippen molar-refractivity contribution < 1.29 is 9.59 Å². The minimum absolute atomic E-state index is 0.0195. The maximum atomic E-state index is 12.5. The number of Topliss-reactive ketones (excluding diaryl/α,β-unsaturated/α-hetero) is 1. The molecule has 3 nitrogen and oxygen atoms in total. The van der Waals surface area contributed by atoms with Crippen LogP contribution in [-0.4, -0.2) is 11.7 Å². The number of hydrogen-bond acceptors (Lipinski definition) is 2. The van der Waals surface area contributed by atoms with Gasteiger partial charge in [-0.15, -0.1) is 0 Å². The highest BCUT2D eigenvalue weighted by atomic mass is 16.1. The number of carbonyl (C=O) groups is 2. The first kappa shape index (κ1) is 12.4. The summed E-state index contributed by atoms with van der Waals surface area (Å²) in [5.74, 6) is 1.21. The molecule has 1 heterocycles. The molecule has 1 aromatic rings. The molecule has 1 saturated carbocycles. The highest BCUT2D eigenvalue weighted by molar-refractivity contribution is 6.02. The highest BCUT2D eigenvalue weighted by Crippen LogP contribution is 2.32. The van der Waals surface area contributed by atoms with E-state index in [1.807, 2.05) is 18.2 Å². The van der Waals surface area contributed by atoms with Gasteiger partial charge in [-0.2, -0.15) is 0 Å². The highest BCUT2D eigenvalue weighted by Gasteiger charge is 2.26. The summed E-state index contributed by atoms with van der Waals surface area (Å²) in [6.07, 6.45) is 4.73. The van der Waals surface area contributed by atoms with Gasteiger partial charge in [0.15, 0.2) is 5.78 Å². The Morgan fingerprint density at radius 2 is 1.95 bits per heavy atom. The molecule has 1 aromatic carbocycles. The van der Waals surface area contributed by atoms with Gasteiger partial charge in [0, 0.05) is 17.2 Å². The molecule has 3 heteroatoms. The predicted molar refractivity (Wildman–Crippen MR) is 74.2 cm³/mol. The van der Waals surface area contributed by atoms with Crippen molar-refractivity contribution in [1.29, 1.82) is 0 Å². The molecule has 1 amide bonds. The van der Waals surface area contributed by atoms with E-state index in [0.29, 0.717) is 6.42 Å². The summed E-state index contributed by atoms with van der Waals surface area (Å²) in [5, 5.41) is 2.80. The second-order valence-corrected chi connectivity index (χ2v) is 5.92. The molecule has 0 atom stereocenters. The molecule has 0 bridgehead atoms. The molecule has 2 aliphatic rings. The Morgan fingerprint density at radius 3 is 2.68 bits per heavy atom. The van der Waals surface area contributed by atoms with Crippen LogP contribution in [0.4, 0.5) is 5.69 Å². The fourth-order valence-electron chi connectivity index (χ4n) is 3.14. The van der Waals surface area contributed by atoms with E-state index in [-0.39, 0.29) is 17.6 Å². The quantitative estimate of drug-likeness (QED) is 0.827. The van der Waals surface area contributed by atoms with Gasteiger partial charge in [0.25, 0.3) is 0 Å². The smallest absolute Gasteiger partial charge is 0.228 e. The van der Waals surface area contributed by atoms with E-state index in [0.717, 1.165) is 48.4 Å². The van der Waals surface area contributed by atoms with Crippen LogP contribution in [0.1, 0.15) is 48.5 Å². The minimum atomic E-state index is 0.0195. The molecule has 1 N–H and O–H groups in total. The predicted octanol–water partition coefficient (Wildman–Crippen LogP) is 3.19. The van der Waals surface area contributed by atoms with Gasteiger partial charge in [-0.05, 0) is 42.5 Å². The molecule has 0 spiro atoms. The van der Waals surface area contributed by atoms with Crippen molar-refractivity contribution in [2.75, 3.05) is 5.32 Å². The number of amides is 1. The van der Waals surface area contributed by atoms with E-state index >= 15 is 0 Å². The zero-order chi connectivity index (χ0) is 13.4. The molecule has 100 valence electrons. The summed E-state index contributed by atoms with van der Waals surface area (Å²) < 4.78 is 0. The number of carbonyl (C=O) groups excluding carboxylic acids is 2. The largest absolute Gasteiger partial charge is 0.326 e. The van der Waals surface area contributed by atoms with Crippen LogP contribution in [0, 0.1) is 11.8 Å². The van der Waals surface area contributed by atoms with Crippen LogP contribution in [0.3, 0.4) is 0 Å². The number of anilines is 1. The lowest BCUT2D eigenvalue weighted by atomic mass is 9.79. The monoisotopic (exact) mass is 257 g/mol. The normalized spacial score (nSPS) is 25.8. The zero-order valence-corrected chi connectivity index (χ0v) is 11.2. The topological polar surface area (TPSA) is 46.2 Å². The zero-order valence-electron chi connectivity index (χ0n) is 11.2. The minimum Gasteiger partial charge on any atom is -0.326 e. The summed E-state index contributed by atoms with van der Waals surface area (Å²) >= 11 is 0. The van der Waals surface area contributed by atoms with E-state index in [9.17, 15) is 9.59 Å². The number of hydrogen-bond donors (Lipinski definition) is 1. The lowest BCUT2D eigenvalue weighted by molar-refractivity contribution is -0.115. The Kier molecular flexibility index (Phi) is 3.13. The number of benzene rings is 1.